The number of nitriles is 1. The molecule has 20 heavy (non-hydrogen) atoms. The predicted molar refractivity (Wildman–Crippen MR) is 78.4 cm³/mol. The fraction of sp³-hybridized carbons (Fsp3) is 0.133. The van der Waals surface area contributed by atoms with Gasteiger partial charge in [0.25, 0.3) is 0 Å². The summed E-state index contributed by atoms with van der Waals surface area (Å²) in [5.74, 6) is 1.37. The van der Waals surface area contributed by atoms with Crippen molar-refractivity contribution >= 4 is 17.1 Å². The summed E-state index contributed by atoms with van der Waals surface area (Å²) < 4.78 is 10.4. The molecule has 3 N–H and O–H groups in total. The van der Waals surface area contributed by atoms with Crippen LogP contribution in [0.1, 0.15) is 5.56 Å². The summed E-state index contributed by atoms with van der Waals surface area (Å²) >= 11 is 0. The van der Waals surface area contributed by atoms with Crippen molar-refractivity contribution < 1.29 is 9.47 Å². The SMILES string of the molecule is COc1cc(Nc2ccc(N)c(C#N)c2)cc(OC)c1. The lowest BCUT2D eigenvalue weighted by Gasteiger charge is -2.11. The molecule has 0 spiro atoms. The van der Waals surface area contributed by atoms with Gasteiger partial charge in [0.2, 0.25) is 0 Å². The number of methoxy groups -OCH3 is 2. The standard InChI is InChI=1S/C15H15N3O2/c1-19-13-6-12(7-14(8-13)20-2)18-11-3-4-15(17)10(5-11)9-16/h3-8,18H,17H2,1-2H3. The summed E-state index contributed by atoms with van der Waals surface area (Å²) in [6.45, 7) is 0. The van der Waals surface area contributed by atoms with E-state index >= 15 is 0 Å². The molecule has 0 amide bonds. The largest absolute Gasteiger partial charge is 0.497 e. The molecular formula is C15H15N3O2. The van der Waals surface area contributed by atoms with Crippen LogP contribution in [0.3, 0.4) is 0 Å². The summed E-state index contributed by atoms with van der Waals surface area (Å²) in [6, 6.07) is 12.7. The first-order chi connectivity index (χ1) is 9.66. The molecule has 0 radical (unpaired) electrons. The van der Waals surface area contributed by atoms with Crippen LogP contribution < -0.4 is 20.5 Å². The van der Waals surface area contributed by atoms with Gasteiger partial charge in [-0.05, 0) is 18.2 Å². The van der Waals surface area contributed by atoms with E-state index in [-0.39, 0.29) is 0 Å². The minimum atomic E-state index is 0.435. The molecule has 0 aliphatic heterocycles. The fourth-order valence-corrected chi connectivity index (χ4v) is 1.78. The number of rotatable bonds is 4. The lowest BCUT2D eigenvalue weighted by molar-refractivity contribution is 0.395. The van der Waals surface area contributed by atoms with Gasteiger partial charge in [0.1, 0.15) is 17.6 Å². The predicted octanol–water partition coefficient (Wildman–Crippen LogP) is 2.90. The molecule has 5 heteroatoms. The van der Waals surface area contributed by atoms with E-state index in [9.17, 15) is 0 Å². The molecule has 0 atom stereocenters. The Kier molecular flexibility index (Phi) is 3.96. The van der Waals surface area contributed by atoms with E-state index < -0.39 is 0 Å². The van der Waals surface area contributed by atoms with Crippen LogP contribution in [-0.4, -0.2) is 14.2 Å². The highest BCUT2D eigenvalue weighted by Crippen LogP contribution is 2.28. The Morgan fingerprint density at radius 2 is 1.65 bits per heavy atom. The van der Waals surface area contributed by atoms with Gasteiger partial charge in [0.15, 0.2) is 0 Å². The van der Waals surface area contributed by atoms with Gasteiger partial charge in [-0.3, -0.25) is 0 Å². The zero-order valence-corrected chi connectivity index (χ0v) is 11.3. The Morgan fingerprint density at radius 3 is 2.20 bits per heavy atom. The molecule has 0 aliphatic rings. The van der Waals surface area contributed by atoms with Crippen LogP contribution in [0, 0.1) is 11.3 Å². The number of nitrogen functional groups attached to an aromatic ring is 1. The minimum absolute atomic E-state index is 0.435. The third-order valence-electron chi connectivity index (χ3n) is 2.81. The molecule has 0 saturated heterocycles. The molecule has 0 bridgehead atoms. The maximum Gasteiger partial charge on any atom is 0.124 e. The second-order valence-corrected chi connectivity index (χ2v) is 4.14. The topological polar surface area (TPSA) is 80.3 Å². The van der Waals surface area contributed by atoms with Gasteiger partial charge in [0.05, 0.1) is 19.8 Å². The highest BCUT2D eigenvalue weighted by molar-refractivity contribution is 5.68. The molecule has 0 saturated carbocycles. The summed E-state index contributed by atoms with van der Waals surface area (Å²) in [6.07, 6.45) is 0. The average Bonchev–Trinajstić information content (AvgIpc) is 2.48. The molecule has 2 rings (SSSR count). The number of nitrogens with one attached hydrogen (secondary N) is 1. The maximum atomic E-state index is 8.98. The van der Waals surface area contributed by atoms with Crippen molar-refractivity contribution in [3.05, 3.63) is 42.0 Å². The van der Waals surface area contributed by atoms with Crippen molar-refractivity contribution in [1.29, 1.82) is 5.26 Å². The second-order valence-electron chi connectivity index (χ2n) is 4.14. The van der Waals surface area contributed by atoms with Crippen LogP contribution in [0.15, 0.2) is 36.4 Å². The molecule has 5 nitrogen and oxygen atoms in total. The Hall–Kier alpha value is -2.87. The molecule has 2 aromatic carbocycles. The Balaban J connectivity index is 2.32. The summed E-state index contributed by atoms with van der Waals surface area (Å²) in [4.78, 5) is 0. The highest BCUT2D eigenvalue weighted by atomic mass is 16.5. The van der Waals surface area contributed by atoms with Crippen molar-refractivity contribution in [2.45, 2.75) is 0 Å². The normalized spacial score (nSPS) is 9.65. The van der Waals surface area contributed by atoms with Crippen molar-refractivity contribution in [1.82, 2.24) is 0 Å². The van der Waals surface area contributed by atoms with Crippen LogP contribution in [0.2, 0.25) is 0 Å². The van der Waals surface area contributed by atoms with Crippen LogP contribution in [0.5, 0.6) is 11.5 Å². The van der Waals surface area contributed by atoms with E-state index in [1.807, 2.05) is 18.2 Å². The van der Waals surface area contributed by atoms with Gasteiger partial charge >= 0.3 is 0 Å². The molecule has 0 aromatic heterocycles. The highest BCUT2D eigenvalue weighted by Gasteiger charge is 2.04. The van der Waals surface area contributed by atoms with E-state index in [1.54, 1.807) is 32.4 Å². The molecule has 0 fully saturated rings. The number of nitrogens with zero attached hydrogens (tertiary/aromatic N) is 1. The van der Waals surface area contributed by atoms with Gasteiger partial charge < -0.3 is 20.5 Å². The molecule has 2 aromatic rings. The number of ether oxygens (including phenoxy) is 2. The Morgan fingerprint density at radius 1 is 1.00 bits per heavy atom. The Labute approximate surface area is 117 Å². The van der Waals surface area contributed by atoms with E-state index in [4.69, 9.17) is 20.5 Å². The van der Waals surface area contributed by atoms with Crippen LogP contribution in [-0.2, 0) is 0 Å². The lowest BCUT2D eigenvalue weighted by Crippen LogP contribution is -1.96. The van der Waals surface area contributed by atoms with Crippen LogP contribution >= 0.6 is 0 Å². The number of nitrogens with two attached hydrogens (primary N) is 1. The quantitative estimate of drug-likeness (QED) is 0.834. The van der Waals surface area contributed by atoms with Crippen molar-refractivity contribution in [3.63, 3.8) is 0 Å². The van der Waals surface area contributed by atoms with Crippen molar-refractivity contribution in [2.75, 3.05) is 25.3 Å². The first-order valence-corrected chi connectivity index (χ1v) is 5.96. The average molecular weight is 269 g/mol. The zero-order valence-electron chi connectivity index (χ0n) is 11.3. The van der Waals surface area contributed by atoms with Gasteiger partial charge in [-0.1, -0.05) is 0 Å². The summed E-state index contributed by atoms with van der Waals surface area (Å²) in [5.41, 5.74) is 8.16. The van der Waals surface area contributed by atoms with Gasteiger partial charge in [-0.2, -0.15) is 5.26 Å². The third kappa shape index (κ3) is 2.93. The number of benzene rings is 2. The minimum Gasteiger partial charge on any atom is -0.497 e. The number of anilines is 3. The molecule has 0 heterocycles. The Bertz CT molecular complexity index is 640. The van der Waals surface area contributed by atoms with E-state index in [0.717, 1.165) is 11.4 Å². The van der Waals surface area contributed by atoms with Crippen LogP contribution in [0.25, 0.3) is 0 Å². The molecule has 0 aliphatic carbocycles. The fourth-order valence-electron chi connectivity index (χ4n) is 1.78. The first-order valence-electron chi connectivity index (χ1n) is 5.96. The monoisotopic (exact) mass is 269 g/mol. The molecule has 0 unspecified atom stereocenters. The first kappa shape index (κ1) is 13.6. The van der Waals surface area contributed by atoms with Crippen molar-refractivity contribution in [3.8, 4) is 17.6 Å². The summed E-state index contributed by atoms with van der Waals surface area (Å²) in [7, 11) is 3.19. The van der Waals surface area contributed by atoms with Crippen molar-refractivity contribution in [2.24, 2.45) is 0 Å². The van der Waals surface area contributed by atoms with Crippen LogP contribution in [0.4, 0.5) is 17.1 Å². The third-order valence-corrected chi connectivity index (χ3v) is 2.81. The van der Waals surface area contributed by atoms with Gasteiger partial charge in [0, 0.05) is 35.3 Å². The number of hydrogen-bond acceptors (Lipinski definition) is 5. The zero-order chi connectivity index (χ0) is 14.5. The van der Waals surface area contributed by atoms with E-state index in [0.29, 0.717) is 22.7 Å². The smallest absolute Gasteiger partial charge is 0.124 e. The molecule has 102 valence electrons. The van der Waals surface area contributed by atoms with E-state index in [2.05, 4.69) is 11.4 Å². The second kappa shape index (κ2) is 5.85. The molecular weight excluding hydrogens is 254 g/mol. The lowest BCUT2D eigenvalue weighted by atomic mass is 10.1. The van der Waals surface area contributed by atoms with Gasteiger partial charge in [-0.15, -0.1) is 0 Å². The maximum absolute atomic E-state index is 8.98. The van der Waals surface area contributed by atoms with E-state index in [1.165, 1.54) is 0 Å². The van der Waals surface area contributed by atoms with Gasteiger partial charge in [-0.25, -0.2) is 0 Å². The number of hydrogen-bond donors (Lipinski definition) is 2. The summed E-state index contributed by atoms with van der Waals surface area (Å²) in [5, 5.41) is 12.2.